The first-order valence-corrected chi connectivity index (χ1v) is 9.25. The zero-order chi connectivity index (χ0) is 18.1. The van der Waals surface area contributed by atoms with Crippen molar-refractivity contribution in [3.05, 3.63) is 40.3 Å². The summed E-state index contributed by atoms with van der Waals surface area (Å²) in [6.45, 7) is 6.13. The summed E-state index contributed by atoms with van der Waals surface area (Å²) in [5.41, 5.74) is 0.0566. The van der Waals surface area contributed by atoms with Gasteiger partial charge in [-0.2, -0.15) is 5.10 Å². The quantitative estimate of drug-likeness (QED) is 0.876. The van der Waals surface area contributed by atoms with E-state index in [4.69, 9.17) is 4.74 Å². The highest BCUT2D eigenvalue weighted by Gasteiger charge is 2.33. The van der Waals surface area contributed by atoms with Gasteiger partial charge >= 0.3 is 0 Å². The number of carbonyl (C=O) groups excluding carboxylic acids is 1. The lowest BCUT2D eigenvalue weighted by atomic mass is 10.0. The van der Waals surface area contributed by atoms with Crippen LogP contribution in [0.25, 0.3) is 10.8 Å². The number of amides is 1. The second-order valence-corrected chi connectivity index (χ2v) is 7.13. The van der Waals surface area contributed by atoms with Crippen molar-refractivity contribution >= 4 is 16.7 Å². The molecule has 2 aliphatic heterocycles. The number of aromatic amines is 1. The molecule has 1 amide bonds. The number of carbonyl (C=O) groups is 1. The molecule has 0 radical (unpaired) electrons. The first kappa shape index (κ1) is 17.2. The van der Waals surface area contributed by atoms with E-state index in [0.717, 1.165) is 39.1 Å². The number of hydrogen-bond donors (Lipinski definition) is 1. The molecule has 1 aromatic carbocycles. The number of H-pyrrole nitrogens is 1. The van der Waals surface area contributed by atoms with Crippen LogP contribution in [0, 0.1) is 0 Å². The van der Waals surface area contributed by atoms with Crippen LogP contribution < -0.4 is 5.56 Å². The van der Waals surface area contributed by atoms with E-state index in [-0.39, 0.29) is 17.5 Å². The van der Waals surface area contributed by atoms with E-state index in [1.165, 1.54) is 0 Å². The van der Waals surface area contributed by atoms with Gasteiger partial charge in [0.2, 0.25) is 0 Å². The van der Waals surface area contributed by atoms with Crippen molar-refractivity contribution in [3.8, 4) is 0 Å². The minimum atomic E-state index is -0.269. The minimum Gasteiger partial charge on any atom is -0.381 e. The standard InChI is InChI=1S/C19H24N4O3/c1-13-12-22(14-6-10-26-11-7-14)8-9-23(13)19(25)17-15-4-2-3-5-16(15)18(24)21-20-17/h2-5,13-14H,6-12H2,1H3,(H,21,24)/t13-/m0/s1. The molecule has 7 nitrogen and oxygen atoms in total. The van der Waals surface area contributed by atoms with Gasteiger partial charge in [-0.15, -0.1) is 0 Å². The molecule has 138 valence electrons. The van der Waals surface area contributed by atoms with Crippen LogP contribution in [0.5, 0.6) is 0 Å². The largest absolute Gasteiger partial charge is 0.381 e. The number of nitrogens with zero attached hydrogens (tertiary/aromatic N) is 3. The average Bonchev–Trinajstić information content (AvgIpc) is 2.69. The molecule has 2 fully saturated rings. The number of piperazine rings is 1. The number of benzene rings is 1. The maximum absolute atomic E-state index is 13.1. The van der Waals surface area contributed by atoms with Crippen LogP contribution in [0.3, 0.4) is 0 Å². The van der Waals surface area contributed by atoms with Gasteiger partial charge in [-0.3, -0.25) is 14.5 Å². The lowest BCUT2D eigenvalue weighted by molar-refractivity contribution is 0.000580. The molecule has 26 heavy (non-hydrogen) atoms. The fraction of sp³-hybridized carbons (Fsp3) is 0.526. The summed E-state index contributed by atoms with van der Waals surface area (Å²) >= 11 is 0. The Hall–Kier alpha value is -2.25. The second kappa shape index (κ2) is 7.17. The van der Waals surface area contributed by atoms with Gasteiger partial charge in [0.1, 0.15) is 0 Å². The Morgan fingerprint density at radius 1 is 1.19 bits per heavy atom. The van der Waals surface area contributed by atoms with Crippen molar-refractivity contribution < 1.29 is 9.53 Å². The number of fused-ring (bicyclic) bond motifs is 1. The molecule has 0 spiro atoms. The molecule has 4 rings (SSSR count). The Labute approximate surface area is 151 Å². The summed E-state index contributed by atoms with van der Waals surface area (Å²) in [7, 11) is 0. The Balaban J connectivity index is 1.54. The van der Waals surface area contributed by atoms with Gasteiger partial charge in [-0.05, 0) is 25.8 Å². The maximum atomic E-state index is 13.1. The topological polar surface area (TPSA) is 78.5 Å². The molecule has 7 heteroatoms. The van der Waals surface area contributed by atoms with Gasteiger partial charge < -0.3 is 9.64 Å². The van der Waals surface area contributed by atoms with E-state index in [1.54, 1.807) is 18.2 Å². The van der Waals surface area contributed by atoms with Gasteiger partial charge in [0.15, 0.2) is 5.69 Å². The molecular weight excluding hydrogens is 332 g/mol. The van der Waals surface area contributed by atoms with Crippen LogP contribution in [0.2, 0.25) is 0 Å². The highest BCUT2D eigenvalue weighted by Crippen LogP contribution is 2.22. The normalized spacial score (nSPS) is 22.7. The minimum absolute atomic E-state index is 0.103. The Bertz CT molecular complexity index is 859. The monoisotopic (exact) mass is 356 g/mol. The molecular formula is C19H24N4O3. The first-order chi connectivity index (χ1) is 12.6. The molecule has 2 aromatic rings. The number of nitrogens with one attached hydrogen (secondary N) is 1. The molecule has 2 aliphatic rings. The van der Waals surface area contributed by atoms with Crippen molar-refractivity contribution in [3.63, 3.8) is 0 Å². The van der Waals surface area contributed by atoms with E-state index in [1.807, 2.05) is 11.0 Å². The fourth-order valence-electron chi connectivity index (χ4n) is 4.08. The summed E-state index contributed by atoms with van der Waals surface area (Å²) in [6.07, 6.45) is 2.12. The molecule has 1 atom stereocenters. The number of aromatic nitrogens is 2. The smallest absolute Gasteiger partial charge is 0.275 e. The number of hydrogen-bond acceptors (Lipinski definition) is 5. The summed E-state index contributed by atoms with van der Waals surface area (Å²) in [5, 5.41) is 7.64. The van der Waals surface area contributed by atoms with E-state index in [2.05, 4.69) is 22.0 Å². The van der Waals surface area contributed by atoms with E-state index < -0.39 is 0 Å². The highest BCUT2D eigenvalue weighted by molar-refractivity contribution is 6.04. The van der Waals surface area contributed by atoms with Gasteiger partial charge in [-0.1, -0.05) is 18.2 Å². The van der Waals surface area contributed by atoms with Crippen molar-refractivity contribution in [2.24, 2.45) is 0 Å². The SMILES string of the molecule is C[C@H]1CN(C2CCOCC2)CCN1C(=O)c1n[nH]c(=O)c2ccccc12. The molecule has 1 aromatic heterocycles. The van der Waals surface area contributed by atoms with Crippen LogP contribution in [0.15, 0.2) is 29.1 Å². The Morgan fingerprint density at radius 2 is 1.92 bits per heavy atom. The fourth-order valence-corrected chi connectivity index (χ4v) is 4.08. The van der Waals surface area contributed by atoms with E-state index >= 15 is 0 Å². The van der Waals surface area contributed by atoms with E-state index in [0.29, 0.717) is 29.1 Å². The van der Waals surface area contributed by atoms with Crippen LogP contribution >= 0.6 is 0 Å². The van der Waals surface area contributed by atoms with E-state index in [9.17, 15) is 9.59 Å². The summed E-state index contributed by atoms with van der Waals surface area (Å²) in [4.78, 5) is 29.4. The second-order valence-electron chi connectivity index (χ2n) is 7.13. The molecule has 0 bridgehead atoms. The van der Waals surface area contributed by atoms with Gasteiger partial charge in [-0.25, -0.2) is 5.10 Å². The van der Waals surface area contributed by atoms with Crippen LogP contribution in [-0.4, -0.2) is 70.8 Å². The van der Waals surface area contributed by atoms with Crippen LogP contribution in [0.4, 0.5) is 0 Å². The third kappa shape index (κ3) is 3.12. The number of rotatable bonds is 2. The molecule has 0 aliphatic carbocycles. The zero-order valence-corrected chi connectivity index (χ0v) is 15.0. The van der Waals surface area contributed by atoms with Gasteiger partial charge in [0.05, 0.1) is 5.39 Å². The molecule has 0 saturated carbocycles. The summed E-state index contributed by atoms with van der Waals surface area (Å²) in [6, 6.07) is 7.78. The molecule has 1 N–H and O–H groups in total. The van der Waals surface area contributed by atoms with Gasteiger partial charge in [0.25, 0.3) is 11.5 Å². The lowest BCUT2D eigenvalue weighted by Gasteiger charge is -2.44. The maximum Gasteiger partial charge on any atom is 0.275 e. The predicted octanol–water partition coefficient (Wildman–Crippen LogP) is 1.25. The predicted molar refractivity (Wildman–Crippen MR) is 98.3 cm³/mol. The van der Waals surface area contributed by atoms with Crippen molar-refractivity contribution in [2.45, 2.75) is 31.8 Å². The zero-order valence-electron chi connectivity index (χ0n) is 15.0. The summed E-state index contributed by atoms with van der Waals surface area (Å²) in [5.74, 6) is -0.114. The molecule has 0 unspecified atom stereocenters. The third-order valence-electron chi connectivity index (χ3n) is 5.53. The molecule has 2 saturated heterocycles. The Morgan fingerprint density at radius 3 is 2.65 bits per heavy atom. The third-order valence-corrected chi connectivity index (χ3v) is 5.53. The number of ether oxygens (including phenoxy) is 1. The average molecular weight is 356 g/mol. The van der Waals surface area contributed by atoms with Crippen molar-refractivity contribution in [1.82, 2.24) is 20.0 Å². The van der Waals surface area contributed by atoms with Gasteiger partial charge in [0, 0.05) is 50.3 Å². The first-order valence-electron chi connectivity index (χ1n) is 9.25. The van der Waals surface area contributed by atoms with Crippen molar-refractivity contribution in [2.75, 3.05) is 32.8 Å². The highest BCUT2D eigenvalue weighted by atomic mass is 16.5. The van der Waals surface area contributed by atoms with Crippen LogP contribution in [0.1, 0.15) is 30.3 Å². The van der Waals surface area contributed by atoms with Crippen LogP contribution in [-0.2, 0) is 4.74 Å². The Kier molecular flexibility index (Phi) is 4.74. The van der Waals surface area contributed by atoms with Crippen molar-refractivity contribution in [1.29, 1.82) is 0 Å². The lowest BCUT2D eigenvalue weighted by Crippen LogP contribution is -2.57. The summed E-state index contributed by atoms with van der Waals surface area (Å²) < 4.78 is 5.46. The molecule has 3 heterocycles.